The van der Waals surface area contributed by atoms with Crippen LogP contribution in [0.5, 0.6) is 0 Å². The van der Waals surface area contributed by atoms with Gasteiger partial charge in [0.2, 0.25) is 0 Å². The summed E-state index contributed by atoms with van der Waals surface area (Å²) >= 11 is 0. The number of aromatic nitrogens is 2. The van der Waals surface area contributed by atoms with Crippen molar-refractivity contribution in [3.63, 3.8) is 0 Å². The smallest absolute Gasteiger partial charge is 0.404 e. The summed E-state index contributed by atoms with van der Waals surface area (Å²) in [6.07, 6.45) is 0.954. The van der Waals surface area contributed by atoms with E-state index in [-0.39, 0.29) is 0 Å². The first-order chi connectivity index (χ1) is 6.74. The van der Waals surface area contributed by atoms with Crippen LogP contribution < -0.4 is 5.73 Å². The number of benzene rings is 1. The van der Waals surface area contributed by atoms with Gasteiger partial charge < -0.3 is 15.5 Å². The van der Waals surface area contributed by atoms with Crippen molar-refractivity contribution < 1.29 is 9.53 Å². The number of carbonyl (C=O) groups is 1. The highest BCUT2D eigenvalue weighted by molar-refractivity contribution is 5.73. The molecule has 2 aromatic rings. The summed E-state index contributed by atoms with van der Waals surface area (Å²) < 4.78 is 3.89. The molecule has 5 heteroatoms. The number of methoxy groups -OCH3 is 1. The maximum atomic E-state index is 9.37. The van der Waals surface area contributed by atoms with Crippen molar-refractivity contribution in [3.05, 3.63) is 30.6 Å². The molecule has 74 valence electrons. The maximum Gasteiger partial charge on any atom is 0.404 e. The number of nitrogens with zero attached hydrogens (tertiary/aromatic N) is 1. The molecule has 0 fully saturated rings. The van der Waals surface area contributed by atoms with E-state index in [1.54, 1.807) is 6.33 Å². The highest BCUT2D eigenvalue weighted by Crippen LogP contribution is 2.05. The van der Waals surface area contributed by atoms with Crippen molar-refractivity contribution >= 4 is 17.1 Å². The fraction of sp³-hybridized carbons (Fsp3) is 0.111. The lowest BCUT2D eigenvalue weighted by atomic mass is 10.3. The molecule has 0 aliphatic heterocycles. The largest absolute Gasteiger partial charge is 0.453 e. The highest BCUT2D eigenvalue weighted by atomic mass is 16.5. The molecular formula is C9H11N3O2. The predicted molar refractivity (Wildman–Crippen MR) is 52.7 cm³/mol. The number of aromatic amines is 1. The van der Waals surface area contributed by atoms with Gasteiger partial charge in [-0.25, -0.2) is 9.78 Å². The fourth-order valence-corrected chi connectivity index (χ4v) is 0.880. The molecule has 0 saturated heterocycles. The minimum atomic E-state index is -0.745. The molecule has 14 heavy (non-hydrogen) atoms. The molecule has 0 aliphatic rings. The van der Waals surface area contributed by atoms with E-state index in [1.807, 2.05) is 24.3 Å². The second kappa shape index (κ2) is 4.86. The molecule has 0 atom stereocenters. The summed E-state index contributed by atoms with van der Waals surface area (Å²) in [7, 11) is 1.22. The Hall–Kier alpha value is -2.04. The third-order valence-electron chi connectivity index (χ3n) is 1.53. The highest BCUT2D eigenvalue weighted by Gasteiger charge is 1.88. The number of imidazole rings is 1. The van der Waals surface area contributed by atoms with Crippen LogP contribution in [0, 0.1) is 0 Å². The second-order valence-electron chi connectivity index (χ2n) is 2.44. The number of rotatable bonds is 0. The van der Waals surface area contributed by atoms with Gasteiger partial charge in [-0.05, 0) is 12.1 Å². The average molecular weight is 193 g/mol. The Kier molecular flexibility index (Phi) is 3.49. The predicted octanol–water partition coefficient (Wildman–Crippen LogP) is 1.27. The standard InChI is InChI=1S/C7H6N2.C2H5NO2/c1-2-4-7-6(3-1)8-5-9-7;1-5-2(3)4/h1-5H,(H,8,9);1H3,(H2,3,4). The molecule has 5 nitrogen and oxygen atoms in total. The minimum absolute atomic E-state index is 0.745. The first-order valence-electron chi connectivity index (χ1n) is 3.95. The Labute approximate surface area is 80.9 Å². The van der Waals surface area contributed by atoms with Crippen molar-refractivity contribution in [2.75, 3.05) is 7.11 Å². The fourth-order valence-electron chi connectivity index (χ4n) is 0.880. The molecule has 0 radical (unpaired) electrons. The SMILES string of the molecule is COC(N)=O.c1ccc2[nH]cnc2c1. The van der Waals surface area contributed by atoms with Crippen LogP contribution >= 0.6 is 0 Å². The van der Waals surface area contributed by atoms with Crippen LogP contribution in [0.1, 0.15) is 0 Å². The molecule has 0 spiro atoms. The van der Waals surface area contributed by atoms with Crippen molar-refractivity contribution in [2.45, 2.75) is 0 Å². The molecule has 1 heterocycles. The number of hydrogen-bond donors (Lipinski definition) is 2. The van der Waals surface area contributed by atoms with E-state index in [9.17, 15) is 4.79 Å². The first kappa shape index (κ1) is 10.0. The molecule has 0 bridgehead atoms. The number of ether oxygens (including phenoxy) is 1. The number of para-hydroxylation sites is 2. The van der Waals surface area contributed by atoms with Gasteiger partial charge in [-0.15, -0.1) is 0 Å². The number of amides is 1. The van der Waals surface area contributed by atoms with E-state index in [4.69, 9.17) is 0 Å². The van der Waals surface area contributed by atoms with E-state index < -0.39 is 6.09 Å². The lowest BCUT2D eigenvalue weighted by Gasteiger charge is -1.81. The van der Waals surface area contributed by atoms with Crippen LogP contribution in [-0.4, -0.2) is 23.2 Å². The first-order valence-corrected chi connectivity index (χ1v) is 3.95. The van der Waals surface area contributed by atoms with Gasteiger partial charge in [0.15, 0.2) is 0 Å². The van der Waals surface area contributed by atoms with Crippen molar-refractivity contribution in [1.82, 2.24) is 9.97 Å². The van der Waals surface area contributed by atoms with Crippen LogP contribution in [0.3, 0.4) is 0 Å². The number of fused-ring (bicyclic) bond motifs is 1. The summed E-state index contributed by atoms with van der Waals surface area (Å²) in [4.78, 5) is 16.4. The zero-order valence-electron chi connectivity index (χ0n) is 7.73. The summed E-state index contributed by atoms with van der Waals surface area (Å²) in [5.41, 5.74) is 6.55. The lowest BCUT2D eigenvalue weighted by Crippen LogP contribution is -2.08. The van der Waals surface area contributed by atoms with Gasteiger partial charge in [0, 0.05) is 0 Å². The van der Waals surface area contributed by atoms with Gasteiger partial charge in [0.05, 0.1) is 24.5 Å². The lowest BCUT2D eigenvalue weighted by molar-refractivity contribution is 0.182. The van der Waals surface area contributed by atoms with Gasteiger partial charge in [0.25, 0.3) is 0 Å². The van der Waals surface area contributed by atoms with E-state index in [1.165, 1.54) is 7.11 Å². The molecule has 1 aromatic carbocycles. The van der Waals surface area contributed by atoms with Crippen LogP contribution in [0.4, 0.5) is 4.79 Å². The number of primary amides is 1. The van der Waals surface area contributed by atoms with Gasteiger partial charge in [0.1, 0.15) is 0 Å². The Morgan fingerprint density at radius 3 is 2.71 bits per heavy atom. The summed E-state index contributed by atoms with van der Waals surface area (Å²) in [6.45, 7) is 0. The van der Waals surface area contributed by atoms with Gasteiger partial charge in [-0.3, -0.25) is 0 Å². The number of hydrogen-bond acceptors (Lipinski definition) is 3. The zero-order chi connectivity index (χ0) is 10.4. The van der Waals surface area contributed by atoms with Crippen molar-refractivity contribution in [1.29, 1.82) is 0 Å². The van der Waals surface area contributed by atoms with Gasteiger partial charge in [-0.1, -0.05) is 12.1 Å². The van der Waals surface area contributed by atoms with Crippen molar-refractivity contribution in [3.8, 4) is 0 Å². The van der Waals surface area contributed by atoms with Gasteiger partial charge in [-0.2, -0.15) is 0 Å². The number of H-pyrrole nitrogens is 1. The number of nitrogens with one attached hydrogen (secondary N) is 1. The minimum Gasteiger partial charge on any atom is -0.453 e. The average Bonchev–Trinajstić information content (AvgIpc) is 2.66. The summed E-state index contributed by atoms with van der Waals surface area (Å²) in [6, 6.07) is 7.94. The van der Waals surface area contributed by atoms with Gasteiger partial charge >= 0.3 is 6.09 Å². The monoisotopic (exact) mass is 193 g/mol. The molecule has 2 rings (SSSR count). The Morgan fingerprint density at radius 2 is 2.14 bits per heavy atom. The molecule has 0 saturated carbocycles. The summed E-state index contributed by atoms with van der Waals surface area (Å²) in [5, 5.41) is 0. The maximum absolute atomic E-state index is 9.37. The number of nitrogens with two attached hydrogens (primary N) is 1. The molecule has 1 amide bonds. The topological polar surface area (TPSA) is 81.0 Å². The molecule has 3 N–H and O–H groups in total. The number of carbonyl (C=O) groups excluding carboxylic acids is 1. The van der Waals surface area contributed by atoms with E-state index in [2.05, 4.69) is 20.4 Å². The molecule has 0 unspecified atom stereocenters. The van der Waals surface area contributed by atoms with Crippen LogP contribution in [-0.2, 0) is 4.74 Å². The van der Waals surface area contributed by atoms with E-state index in [0.717, 1.165) is 11.0 Å². The van der Waals surface area contributed by atoms with Crippen LogP contribution in [0.15, 0.2) is 30.6 Å². The van der Waals surface area contributed by atoms with E-state index >= 15 is 0 Å². The Balaban J connectivity index is 0.000000171. The van der Waals surface area contributed by atoms with E-state index in [0.29, 0.717) is 0 Å². The normalized spacial score (nSPS) is 8.93. The Morgan fingerprint density at radius 1 is 1.50 bits per heavy atom. The van der Waals surface area contributed by atoms with Crippen LogP contribution in [0.25, 0.3) is 11.0 Å². The summed E-state index contributed by atoms with van der Waals surface area (Å²) in [5.74, 6) is 0. The molecule has 1 aromatic heterocycles. The molecule has 0 aliphatic carbocycles. The third kappa shape index (κ3) is 2.78. The third-order valence-corrected chi connectivity index (χ3v) is 1.53. The Bertz CT molecular complexity index is 381. The van der Waals surface area contributed by atoms with Crippen molar-refractivity contribution in [2.24, 2.45) is 5.73 Å². The quantitative estimate of drug-likeness (QED) is 0.661. The zero-order valence-corrected chi connectivity index (χ0v) is 7.73. The second-order valence-corrected chi connectivity index (χ2v) is 2.44. The van der Waals surface area contributed by atoms with Crippen LogP contribution in [0.2, 0.25) is 0 Å². The molecular weight excluding hydrogens is 182 g/mol.